The van der Waals surface area contributed by atoms with E-state index in [0.29, 0.717) is 5.56 Å². The number of imidazole rings is 1. The van der Waals surface area contributed by atoms with Crippen LogP contribution in [0, 0.1) is 25.6 Å². The van der Waals surface area contributed by atoms with E-state index < -0.39 is 23.6 Å². The van der Waals surface area contributed by atoms with Crippen LogP contribution >= 0.6 is 0 Å². The number of amides is 1. The summed E-state index contributed by atoms with van der Waals surface area (Å²) in [5.41, 5.74) is 2.37. The molecule has 3 rings (SSSR count). The summed E-state index contributed by atoms with van der Waals surface area (Å²) in [5.74, 6) is -2.69. The van der Waals surface area contributed by atoms with Crippen molar-refractivity contribution in [3.63, 3.8) is 0 Å². The fraction of sp³-hybridized carbons (Fsp3) is 0.389. The Morgan fingerprint density at radius 3 is 2.68 bits per heavy atom. The topological polar surface area (TPSA) is 75.4 Å². The summed E-state index contributed by atoms with van der Waals surface area (Å²) in [6.45, 7) is 4.27. The van der Waals surface area contributed by atoms with Crippen molar-refractivity contribution in [3.8, 4) is 0 Å². The minimum atomic E-state index is -0.973. The molecule has 7 heteroatoms. The number of carbonyl (C=O) groups excluding carboxylic acids is 1. The van der Waals surface area contributed by atoms with Crippen LogP contribution in [-0.4, -0.2) is 44.5 Å². The molecule has 0 radical (unpaired) electrons. The van der Waals surface area contributed by atoms with Gasteiger partial charge in [0.2, 0.25) is 5.91 Å². The lowest BCUT2D eigenvalue weighted by Crippen LogP contribution is -2.32. The molecule has 1 aliphatic rings. The molecule has 0 spiro atoms. The Kier molecular flexibility index (Phi) is 4.57. The number of aromatic nitrogens is 2. The Labute approximate surface area is 144 Å². The zero-order valence-electron chi connectivity index (χ0n) is 14.1. The molecule has 0 aliphatic carbocycles. The van der Waals surface area contributed by atoms with E-state index in [0.717, 1.165) is 11.4 Å². The number of carboxylic acids is 1. The highest BCUT2D eigenvalue weighted by molar-refractivity contribution is 5.79. The van der Waals surface area contributed by atoms with Gasteiger partial charge >= 0.3 is 5.97 Å². The van der Waals surface area contributed by atoms with Crippen LogP contribution in [0.1, 0.15) is 22.9 Å². The predicted molar refractivity (Wildman–Crippen MR) is 88.5 cm³/mol. The third kappa shape index (κ3) is 3.40. The normalized spacial score (nSPS) is 20.0. The van der Waals surface area contributed by atoms with Crippen molar-refractivity contribution in [1.29, 1.82) is 0 Å². The van der Waals surface area contributed by atoms with Crippen molar-refractivity contribution in [1.82, 2.24) is 14.5 Å². The van der Waals surface area contributed by atoms with Crippen LogP contribution in [0.15, 0.2) is 30.6 Å². The highest BCUT2D eigenvalue weighted by Crippen LogP contribution is 2.33. The average molecular weight is 345 g/mol. The first-order valence-corrected chi connectivity index (χ1v) is 8.11. The van der Waals surface area contributed by atoms with E-state index >= 15 is 0 Å². The Hall–Kier alpha value is -2.70. The van der Waals surface area contributed by atoms with Crippen molar-refractivity contribution < 1.29 is 19.1 Å². The molecule has 6 nitrogen and oxygen atoms in total. The summed E-state index contributed by atoms with van der Waals surface area (Å²) in [7, 11) is 0. The molecule has 1 N–H and O–H groups in total. The SMILES string of the molecule is Cc1ncn(CC(=O)N2C[C@@H](C(=O)O)[C@H](c3cccc(F)c3)C2)c1C. The van der Waals surface area contributed by atoms with Gasteiger partial charge in [-0.25, -0.2) is 9.37 Å². The van der Waals surface area contributed by atoms with Gasteiger partial charge < -0.3 is 14.6 Å². The summed E-state index contributed by atoms with van der Waals surface area (Å²) in [4.78, 5) is 29.9. The quantitative estimate of drug-likeness (QED) is 0.919. The lowest BCUT2D eigenvalue weighted by Gasteiger charge is -2.17. The fourth-order valence-electron chi connectivity index (χ4n) is 3.28. The molecular weight excluding hydrogens is 325 g/mol. The molecule has 1 aromatic carbocycles. The maximum absolute atomic E-state index is 13.5. The Morgan fingerprint density at radius 1 is 1.32 bits per heavy atom. The number of benzene rings is 1. The number of halogens is 1. The zero-order chi connectivity index (χ0) is 18.1. The molecule has 2 aromatic rings. The summed E-state index contributed by atoms with van der Waals surface area (Å²) in [5, 5.41) is 9.50. The van der Waals surface area contributed by atoms with Gasteiger partial charge in [-0.2, -0.15) is 0 Å². The van der Waals surface area contributed by atoms with Crippen LogP contribution in [0.25, 0.3) is 0 Å². The number of hydrogen-bond donors (Lipinski definition) is 1. The number of carbonyl (C=O) groups is 2. The summed E-state index contributed by atoms with van der Waals surface area (Å²) >= 11 is 0. The fourth-order valence-corrected chi connectivity index (χ4v) is 3.28. The maximum Gasteiger partial charge on any atom is 0.308 e. The van der Waals surface area contributed by atoms with E-state index in [1.165, 1.54) is 12.1 Å². The first-order chi connectivity index (χ1) is 11.9. The number of nitrogens with zero attached hydrogens (tertiary/aromatic N) is 3. The van der Waals surface area contributed by atoms with Gasteiger partial charge in [-0.1, -0.05) is 12.1 Å². The molecule has 132 valence electrons. The van der Waals surface area contributed by atoms with Gasteiger partial charge in [-0.05, 0) is 31.5 Å². The maximum atomic E-state index is 13.5. The highest BCUT2D eigenvalue weighted by atomic mass is 19.1. The summed E-state index contributed by atoms with van der Waals surface area (Å²) in [6, 6.07) is 5.94. The molecule has 1 saturated heterocycles. The Balaban J connectivity index is 1.78. The van der Waals surface area contributed by atoms with Crippen molar-refractivity contribution in [2.75, 3.05) is 13.1 Å². The molecule has 25 heavy (non-hydrogen) atoms. The molecular formula is C18H20FN3O3. The number of carboxylic acid groups (broad SMARTS) is 1. The van der Waals surface area contributed by atoms with Crippen LogP contribution < -0.4 is 0 Å². The van der Waals surface area contributed by atoms with Crippen LogP contribution in [0.2, 0.25) is 0 Å². The van der Waals surface area contributed by atoms with E-state index in [2.05, 4.69) is 4.98 Å². The lowest BCUT2D eigenvalue weighted by molar-refractivity contribution is -0.141. The highest BCUT2D eigenvalue weighted by Gasteiger charge is 2.40. The van der Waals surface area contributed by atoms with Gasteiger partial charge in [0.25, 0.3) is 0 Å². The smallest absolute Gasteiger partial charge is 0.308 e. The van der Waals surface area contributed by atoms with Crippen molar-refractivity contribution in [2.45, 2.75) is 26.3 Å². The first kappa shape index (κ1) is 17.1. The van der Waals surface area contributed by atoms with Gasteiger partial charge in [0.1, 0.15) is 12.4 Å². The predicted octanol–water partition coefficient (Wildman–Crippen LogP) is 1.97. The number of aryl methyl sites for hydroxylation is 1. The molecule has 2 atom stereocenters. The van der Waals surface area contributed by atoms with Gasteiger partial charge in [-0.15, -0.1) is 0 Å². The van der Waals surface area contributed by atoms with E-state index in [1.807, 2.05) is 13.8 Å². The van der Waals surface area contributed by atoms with Gasteiger partial charge in [0.15, 0.2) is 0 Å². The van der Waals surface area contributed by atoms with Crippen LogP contribution in [0.4, 0.5) is 4.39 Å². The lowest BCUT2D eigenvalue weighted by atomic mass is 9.89. The van der Waals surface area contributed by atoms with Crippen LogP contribution in [-0.2, 0) is 16.1 Å². The zero-order valence-corrected chi connectivity index (χ0v) is 14.1. The number of likely N-dealkylation sites (tertiary alicyclic amines) is 1. The van der Waals surface area contributed by atoms with Crippen LogP contribution in [0.5, 0.6) is 0 Å². The summed E-state index contributed by atoms with van der Waals surface area (Å²) in [6.07, 6.45) is 1.61. The monoisotopic (exact) mass is 345 g/mol. The first-order valence-electron chi connectivity index (χ1n) is 8.11. The van der Waals surface area contributed by atoms with E-state index in [1.54, 1.807) is 27.9 Å². The van der Waals surface area contributed by atoms with Crippen LogP contribution in [0.3, 0.4) is 0 Å². The minimum absolute atomic E-state index is 0.120. The number of hydrogen-bond acceptors (Lipinski definition) is 3. The second kappa shape index (κ2) is 6.66. The van der Waals surface area contributed by atoms with E-state index in [-0.39, 0.29) is 25.5 Å². The minimum Gasteiger partial charge on any atom is -0.481 e. The molecule has 0 bridgehead atoms. The Bertz CT molecular complexity index is 818. The van der Waals surface area contributed by atoms with Crippen molar-refractivity contribution in [3.05, 3.63) is 53.4 Å². The number of rotatable bonds is 4. The molecule has 1 aromatic heterocycles. The largest absolute Gasteiger partial charge is 0.481 e. The third-order valence-electron chi connectivity index (χ3n) is 4.92. The van der Waals surface area contributed by atoms with Gasteiger partial charge in [0.05, 0.1) is 17.9 Å². The molecule has 0 saturated carbocycles. The van der Waals surface area contributed by atoms with Gasteiger partial charge in [0, 0.05) is 24.7 Å². The van der Waals surface area contributed by atoms with E-state index in [9.17, 15) is 19.1 Å². The summed E-state index contributed by atoms with van der Waals surface area (Å²) < 4.78 is 15.3. The molecule has 1 fully saturated rings. The average Bonchev–Trinajstić information content (AvgIpc) is 3.14. The van der Waals surface area contributed by atoms with Crippen molar-refractivity contribution >= 4 is 11.9 Å². The van der Waals surface area contributed by atoms with Crippen molar-refractivity contribution in [2.24, 2.45) is 5.92 Å². The third-order valence-corrected chi connectivity index (χ3v) is 4.92. The standard InChI is InChI=1S/C18H20FN3O3/c1-11-12(2)22(10-20-11)9-17(23)21-7-15(16(8-21)18(24)25)13-4-3-5-14(19)6-13/h3-6,10,15-16H,7-9H2,1-2H3,(H,24,25)/t15-,16+/m0/s1. The molecule has 1 aliphatic heterocycles. The van der Waals surface area contributed by atoms with Gasteiger partial charge in [-0.3, -0.25) is 9.59 Å². The molecule has 1 amide bonds. The second-order valence-electron chi connectivity index (χ2n) is 6.45. The second-order valence-corrected chi connectivity index (χ2v) is 6.45. The Morgan fingerprint density at radius 2 is 2.08 bits per heavy atom. The molecule has 0 unspecified atom stereocenters. The molecule has 2 heterocycles. The number of aliphatic carboxylic acids is 1. The van der Waals surface area contributed by atoms with E-state index in [4.69, 9.17) is 0 Å².